The zero-order valence-corrected chi connectivity index (χ0v) is 8.53. The van der Waals surface area contributed by atoms with Gasteiger partial charge in [-0.05, 0) is 0 Å². The number of carboxylic acids is 1. The summed E-state index contributed by atoms with van der Waals surface area (Å²) >= 11 is 1.47. The van der Waals surface area contributed by atoms with Crippen molar-refractivity contribution in [1.82, 2.24) is 9.97 Å². The van der Waals surface area contributed by atoms with Crippen molar-refractivity contribution in [3.05, 3.63) is 23.0 Å². The monoisotopic (exact) mass is 224 g/mol. The second-order valence-corrected chi connectivity index (χ2v) is 3.60. The predicted molar refractivity (Wildman–Crippen MR) is 53.6 cm³/mol. The number of hydrogen-bond acceptors (Lipinski definition) is 5. The SMILES string of the molecule is O=C(O)CCc1ncc(-c2cscn2)o1. The van der Waals surface area contributed by atoms with E-state index in [9.17, 15) is 4.79 Å². The molecule has 0 atom stereocenters. The van der Waals surface area contributed by atoms with Crippen LogP contribution in [-0.4, -0.2) is 21.0 Å². The van der Waals surface area contributed by atoms with Crippen LogP contribution in [0.2, 0.25) is 0 Å². The third-order valence-electron chi connectivity index (χ3n) is 1.79. The van der Waals surface area contributed by atoms with Crippen molar-refractivity contribution in [2.45, 2.75) is 12.8 Å². The lowest BCUT2D eigenvalue weighted by atomic mass is 10.3. The molecule has 2 aromatic heterocycles. The minimum absolute atomic E-state index is 0.0248. The van der Waals surface area contributed by atoms with Gasteiger partial charge in [-0.1, -0.05) is 0 Å². The molecule has 0 aromatic carbocycles. The van der Waals surface area contributed by atoms with E-state index < -0.39 is 5.97 Å². The van der Waals surface area contributed by atoms with Gasteiger partial charge in [0.05, 0.1) is 18.1 Å². The van der Waals surface area contributed by atoms with Crippen LogP contribution in [0.15, 0.2) is 21.5 Å². The smallest absolute Gasteiger partial charge is 0.303 e. The number of hydrogen-bond donors (Lipinski definition) is 1. The molecular formula is C9H8N2O3S. The molecule has 0 fully saturated rings. The lowest BCUT2D eigenvalue weighted by Crippen LogP contribution is -1.97. The highest BCUT2D eigenvalue weighted by Gasteiger charge is 2.08. The van der Waals surface area contributed by atoms with Crippen LogP contribution in [-0.2, 0) is 11.2 Å². The van der Waals surface area contributed by atoms with Gasteiger partial charge in [0.15, 0.2) is 11.7 Å². The Morgan fingerprint density at radius 3 is 3.07 bits per heavy atom. The van der Waals surface area contributed by atoms with Crippen LogP contribution in [0.1, 0.15) is 12.3 Å². The van der Waals surface area contributed by atoms with Gasteiger partial charge in [-0.3, -0.25) is 4.79 Å². The van der Waals surface area contributed by atoms with E-state index in [0.717, 1.165) is 5.69 Å². The molecule has 2 heterocycles. The normalized spacial score (nSPS) is 10.4. The van der Waals surface area contributed by atoms with Gasteiger partial charge in [-0.15, -0.1) is 11.3 Å². The first-order chi connectivity index (χ1) is 7.25. The number of carboxylic acid groups (broad SMARTS) is 1. The van der Waals surface area contributed by atoms with E-state index in [-0.39, 0.29) is 6.42 Å². The van der Waals surface area contributed by atoms with Gasteiger partial charge < -0.3 is 9.52 Å². The molecule has 0 radical (unpaired) electrons. The molecule has 0 spiro atoms. The van der Waals surface area contributed by atoms with Crippen LogP contribution in [0.5, 0.6) is 0 Å². The van der Waals surface area contributed by atoms with Crippen molar-refractivity contribution in [2.75, 3.05) is 0 Å². The van der Waals surface area contributed by atoms with Gasteiger partial charge in [0.2, 0.25) is 0 Å². The largest absolute Gasteiger partial charge is 0.481 e. The van der Waals surface area contributed by atoms with E-state index in [4.69, 9.17) is 9.52 Å². The van der Waals surface area contributed by atoms with Crippen LogP contribution in [0.25, 0.3) is 11.5 Å². The third-order valence-corrected chi connectivity index (χ3v) is 2.38. The van der Waals surface area contributed by atoms with Crippen LogP contribution in [0, 0.1) is 0 Å². The van der Waals surface area contributed by atoms with Gasteiger partial charge in [-0.25, -0.2) is 9.97 Å². The maximum absolute atomic E-state index is 10.3. The minimum Gasteiger partial charge on any atom is -0.481 e. The molecule has 5 nitrogen and oxygen atoms in total. The number of oxazole rings is 1. The van der Waals surface area contributed by atoms with E-state index in [1.54, 1.807) is 11.7 Å². The molecule has 15 heavy (non-hydrogen) atoms. The second kappa shape index (κ2) is 4.22. The highest BCUT2D eigenvalue weighted by molar-refractivity contribution is 7.07. The summed E-state index contributed by atoms with van der Waals surface area (Å²) < 4.78 is 5.35. The summed E-state index contributed by atoms with van der Waals surface area (Å²) in [6, 6.07) is 0. The number of rotatable bonds is 4. The van der Waals surface area contributed by atoms with Crippen LogP contribution in [0.4, 0.5) is 0 Å². The summed E-state index contributed by atoms with van der Waals surface area (Å²) in [6.07, 6.45) is 1.89. The molecule has 2 rings (SSSR count). The summed E-state index contributed by atoms with van der Waals surface area (Å²) in [4.78, 5) is 18.4. The van der Waals surface area contributed by atoms with Crippen LogP contribution >= 0.6 is 11.3 Å². The maximum Gasteiger partial charge on any atom is 0.303 e. The van der Waals surface area contributed by atoms with E-state index in [1.165, 1.54) is 11.3 Å². The van der Waals surface area contributed by atoms with Crippen molar-refractivity contribution in [3.63, 3.8) is 0 Å². The first-order valence-corrected chi connectivity index (χ1v) is 5.25. The molecular weight excluding hydrogens is 216 g/mol. The average Bonchev–Trinajstić information content (AvgIpc) is 2.85. The Kier molecular flexibility index (Phi) is 2.77. The fourth-order valence-corrected chi connectivity index (χ4v) is 1.63. The standard InChI is InChI=1S/C9H8N2O3S/c12-9(13)2-1-8-10-3-7(14-8)6-4-15-5-11-6/h3-5H,1-2H2,(H,12,13). The van der Waals surface area contributed by atoms with Gasteiger partial charge in [0.1, 0.15) is 5.69 Å². The molecule has 0 aliphatic carbocycles. The molecule has 0 aliphatic heterocycles. The van der Waals surface area contributed by atoms with Gasteiger partial charge in [0, 0.05) is 11.8 Å². The lowest BCUT2D eigenvalue weighted by molar-refractivity contribution is -0.137. The van der Waals surface area contributed by atoms with Crippen molar-refractivity contribution < 1.29 is 14.3 Å². The Balaban J connectivity index is 2.08. The lowest BCUT2D eigenvalue weighted by Gasteiger charge is -1.90. The fourth-order valence-electron chi connectivity index (χ4n) is 1.09. The van der Waals surface area contributed by atoms with Crippen molar-refractivity contribution in [1.29, 1.82) is 0 Å². The Bertz CT molecular complexity index is 450. The van der Waals surface area contributed by atoms with Crippen LogP contribution < -0.4 is 0 Å². The highest BCUT2D eigenvalue weighted by atomic mass is 32.1. The summed E-state index contributed by atoms with van der Waals surface area (Å²) in [7, 11) is 0. The number of carbonyl (C=O) groups is 1. The zero-order chi connectivity index (χ0) is 10.7. The molecule has 78 valence electrons. The highest BCUT2D eigenvalue weighted by Crippen LogP contribution is 2.20. The number of aliphatic carboxylic acids is 1. The molecule has 0 unspecified atom stereocenters. The maximum atomic E-state index is 10.3. The first-order valence-electron chi connectivity index (χ1n) is 4.31. The topological polar surface area (TPSA) is 76.2 Å². The predicted octanol–water partition coefficient (Wildman–Crippen LogP) is 1.82. The van der Waals surface area contributed by atoms with E-state index in [1.807, 2.05) is 5.38 Å². The Labute approximate surface area is 89.4 Å². The molecule has 0 aliphatic rings. The van der Waals surface area contributed by atoms with Gasteiger partial charge >= 0.3 is 5.97 Å². The van der Waals surface area contributed by atoms with E-state index in [2.05, 4.69) is 9.97 Å². The zero-order valence-electron chi connectivity index (χ0n) is 7.71. The van der Waals surface area contributed by atoms with Crippen molar-refractivity contribution in [3.8, 4) is 11.5 Å². The first kappa shape index (κ1) is 9.85. The quantitative estimate of drug-likeness (QED) is 0.857. The second-order valence-electron chi connectivity index (χ2n) is 2.89. The number of nitrogens with zero attached hydrogens (tertiary/aromatic N) is 2. The molecule has 0 bridgehead atoms. The van der Waals surface area contributed by atoms with Crippen LogP contribution in [0.3, 0.4) is 0 Å². The molecule has 2 aromatic rings. The molecule has 1 N–H and O–H groups in total. The Hall–Kier alpha value is -1.69. The van der Waals surface area contributed by atoms with Crippen molar-refractivity contribution in [2.24, 2.45) is 0 Å². The van der Waals surface area contributed by atoms with Gasteiger partial charge in [0.25, 0.3) is 0 Å². The summed E-state index contributed by atoms with van der Waals surface area (Å²) in [5.41, 5.74) is 2.43. The summed E-state index contributed by atoms with van der Waals surface area (Å²) in [6.45, 7) is 0. The summed E-state index contributed by atoms with van der Waals surface area (Å²) in [5.74, 6) is 0.153. The number of aromatic nitrogens is 2. The van der Waals surface area contributed by atoms with E-state index in [0.29, 0.717) is 18.1 Å². The minimum atomic E-state index is -0.858. The molecule has 0 saturated carbocycles. The average molecular weight is 224 g/mol. The Morgan fingerprint density at radius 2 is 2.40 bits per heavy atom. The number of thiazole rings is 1. The Morgan fingerprint density at radius 1 is 1.53 bits per heavy atom. The molecule has 0 saturated heterocycles. The van der Waals surface area contributed by atoms with E-state index >= 15 is 0 Å². The summed E-state index contributed by atoms with van der Waals surface area (Å²) in [5, 5.41) is 10.3. The van der Waals surface area contributed by atoms with Gasteiger partial charge in [-0.2, -0.15) is 0 Å². The third kappa shape index (κ3) is 2.41. The van der Waals surface area contributed by atoms with Crippen molar-refractivity contribution >= 4 is 17.3 Å². The number of aryl methyl sites for hydroxylation is 1. The molecule has 6 heteroatoms. The molecule has 0 amide bonds. The fraction of sp³-hybridized carbons (Fsp3) is 0.222.